The molecule has 0 spiro atoms. The molecule has 7 nitrogen and oxygen atoms in total. The van der Waals surface area contributed by atoms with Gasteiger partial charge in [-0.05, 0) is 82.1 Å². The first-order chi connectivity index (χ1) is 18.5. The molecule has 1 aromatic heterocycles. The molecule has 202 valence electrons. The first-order valence-corrected chi connectivity index (χ1v) is 14.2. The highest BCUT2D eigenvalue weighted by Gasteiger charge is 2.27. The number of carbonyl (C=O) groups is 1. The zero-order valence-corrected chi connectivity index (χ0v) is 24.1. The third kappa shape index (κ3) is 6.08. The lowest BCUT2D eigenvalue weighted by Crippen LogP contribution is -2.39. The van der Waals surface area contributed by atoms with Crippen LogP contribution in [0.25, 0.3) is 5.69 Å². The Morgan fingerprint density at radius 2 is 1.67 bits per heavy atom. The average Bonchev–Trinajstić information content (AvgIpc) is 3.17. The summed E-state index contributed by atoms with van der Waals surface area (Å²) in [6, 6.07) is 21.1. The van der Waals surface area contributed by atoms with E-state index < -0.39 is 22.5 Å². The summed E-state index contributed by atoms with van der Waals surface area (Å²) in [7, 11) is -4.04. The molecule has 0 atom stereocenters. The monoisotopic (exact) mass is 562 g/mol. The standard InChI is InChI=1S/C30H31ClN4O3S/c1-20-11-14-29(22(3)15-20)35-23(4)16-25(24(35)5)18-32-33-30(36)19-34(26-13-12-21(2)28(31)17-26)39(37,38)27-9-7-6-8-10-27/h6-18H,19H2,1-5H3,(H,33,36)/b32-18+. The van der Waals surface area contributed by atoms with Crippen molar-refractivity contribution in [3.05, 3.63) is 111 Å². The Morgan fingerprint density at radius 1 is 0.949 bits per heavy atom. The molecule has 0 aliphatic carbocycles. The number of halogens is 1. The summed E-state index contributed by atoms with van der Waals surface area (Å²) in [5.74, 6) is -0.592. The van der Waals surface area contributed by atoms with Crippen molar-refractivity contribution in [3.63, 3.8) is 0 Å². The minimum absolute atomic E-state index is 0.0665. The van der Waals surface area contributed by atoms with Crippen molar-refractivity contribution < 1.29 is 13.2 Å². The highest BCUT2D eigenvalue weighted by Crippen LogP contribution is 2.28. The molecule has 39 heavy (non-hydrogen) atoms. The van der Waals surface area contributed by atoms with E-state index in [0.717, 1.165) is 38.1 Å². The van der Waals surface area contributed by atoms with Crippen molar-refractivity contribution in [2.24, 2.45) is 5.10 Å². The van der Waals surface area contributed by atoms with Crippen molar-refractivity contribution in [3.8, 4) is 5.69 Å². The molecule has 9 heteroatoms. The van der Waals surface area contributed by atoms with E-state index in [0.29, 0.717) is 5.02 Å². The molecule has 0 aliphatic rings. The Kier molecular flexibility index (Phi) is 8.28. The molecule has 0 unspecified atom stereocenters. The number of rotatable bonds is 8. The summed E-state index contributed by atoms with van der Waals surface area (Å²) in [6.07, 6.45) is 1.57. The van der Waals surface area contributed by atoms with Gasteiger partial charge in [-0.1, -0.05) is 53.6 Å². The predicted molar refractivity (Wildman–Crippen MR) is 158 cm³/mol. The fourth-order valence-corrected chi connectivity index (χ4v) is 6.07. The number of aryl methyl sites for hydroxylation is 4. The van der Waals surface area contributed by atoms with Crippen LogP contribution in [-0.4, -0.2) is 31.7 Å². The number of benzene rings is 3. The molecule has 1 N–H and O–H groups in total. The van der Waals surface area contributed by atoms with Gasteiger partial charge in [0.25, 0.3) is 15.9 Å². The van der Waals surface area contributed by atoms with Crippen LogP contribution >= 0.6 is 11.6 Å². The van der Waals surface area contributed by atoms with Crippen molar-refractivity contribution >= 4 is 39.4 Å². The summed E-state index contributed by atoms with van der Waals surface area (Å²) in [5.41, 5.74) is 9.83. The van der Waals surface area contributed by atoms with Crippen LogP contribution in [0.4, 0.5) is 5.69 Å². The highest BCUT2D eigenvalue weighted by molar-refractivity contribution is 7.92. The van der Waals surface area contributed by atoms with Gasteiger partial charge in [-0.3, -0.25) is 9.10 Å². The molecular formula is C30H31ClN4O3S. The van der Waals surface area contributed by atoms with Crippen LogP contribution in [-0.2, 0) is 14.8 Å². The fraction of sp³-hybridized carbons (Fsp3) is 0.200. The van der Waals surface area contributed by atoms with E-state index in [1.54, 1.807) is 36.5 Å². The number of amides is 1. The second kappa shape index (κ2) is 11.5. The molecule has 4 aromatic rings. The Labute approximate surface area is 234 Å². The summed E-state index contributed by atoms with van der Waals surface area (Å²) in [4.78, 5) is 13.0. The highest BCUT2D eigenvalue weighted by atomic mass is 35.5. The van der Waals surface area contributed by atoms with Gasteiger partial charge in [0.1, 0.15) is 6.54 Å². The molecule has 0 saturated carbocycles. The van der Waals surface area contributed by atoms with Gasteiger partial charge in [-0.2, -0.15) is 5.10 Å². The number of hydrazone groups is 1. The Balaban J connectivity index is 1.57. The maximum Gasteiger partial charge on any atom is 0.264 e. The van der Waals surface area contributed by atoms with E-state index in [1.807, 2.05) is 26.8 Å². The minimum Gasteiger partial charge on any atom is -0.318 e. The van der Waals surface area contributed by atoms with Gasteiger partial charge >= 0.3 is 0 Å². The molecule has 4 rings (SSSR count). The minimum atomic E-state index is -4.04. The van der Waals surface area contributed by atoms with E-state index in [9.17, 15) is 13.2 Å². The van der Waals surface area contributed by atoms with Crippen LogP contribution in [0.15, 0.2) is 82.8 Å². The Hall–Kier alpha value is -3.88. The number of aromatic nitrogens is 1. The van der Waals surface area contributed by atoms with Crippen LogP contribution in [0.5, 0.6) is 0 Å². The first kappa shape index (κ1) is 28.1. The van der Waals surface area contributed by atoms with Gasteiger partial charge in [-0.15, -0.1) is 0 Å². The lowest BCUT2D eigenvalue weighted by Gasteiger charge is -2.24. The van der Waals surface area contributed by atoms with E-state index in [2.05, 4.69) is 47.1 Å². The number of nitrogens with one attached hydrogen (secondary N) is 1. The van der Waals surface area contributed by atoms with E-state index in [-0.39, 0.29) is 10.6 Å². The fourth-order valence-electron chi connectivity index (χ4n) is 4.46. The van der Waals surface area contributed by atoms with E-state index >= 15 is 0 Å². The number of hydrogen-bond donors (Lipinski definition) is 1. The molecule has 0 saturated heterocycles. The lowest BCUT2D eigenvalue weighted by atomic mass is 10.1. The first-order valence-electron chi connectivity index (χ1n) is 12.4. The average molecular weight is 563 g/mol. The summed E-state index contributed by atoms with van der Waals surface area (Å²) >= 11 is 6.29. The smallest absolute Gasteiger partial charge is 0.264 e. The van der Waals surface area contributed by atoms with Crippen LogP contribution < -0.4 is 9.73 Å². The lowest BCUT2D eigenvalue weighted by molar-refractivity contribution is -0.119. The molecular weight excluding hydrogens is 532 g/mol. The van der Waals surface area contributed by atoms with Crippen molar-refractivity contribution in [1.29, 1.82) is 0 Å². The number of carbonyl (C=O) groups excluding carboxylic acids is 1. The number of sulfonamides is 1. The van der Waals surface area contributed by atoms with Gasteiger partial charge in [0.15, 0.2) is 0 Å². The zero-order valence-electron chi connectivity index (χ0n) is 22.6. The van der Waals surface area contributed by atoms with Gasteiger partial charge < -0.3 is 4.57 Å². The van der Waals surface area contributed by atoms with E-state index in [1.165, 1.54) is 23.8 Å². The number of hydrogen-bond acceptors (Lipinski definition) is 4. The van der Waals surface area contributed by atoms with Crippen LogP contribution in [0.2, 0.25) is 5.02 Å². The van der Waals surface area contributed by atoms with Gasteiger partial charge in [0.05, 0.1) is 16.8 Å². The second-order valence-electron chi connectivity index (χ2n) is 9.50. The van der Waals surface area contributed by atoms with Crippen molar-refractivity contribution in [2.45, 2.75) is 39.5 Å². The van der Waals surface area contributed by atoms with Crippen molar-refractivity contribution in [1.82, 2.24) is 9.99 Å². The molecule has 0 radical (unpaired) electrons. The third-order valence-corrected chi connectivity index (χ3v) is 8.71. The summed E-state index contributed by atoms with van der Waals surface area (Å²) < 4.78 is 30.2. The maximum atomic E-state index is 13.5. The molecule has 0 fully saturated rings. The second-order valence-corrected chi connectivity index (χ2v) is 11.8. The molecule has 1 amide bonds. The normalized spacial score (nSPS) is 11.6. The third-order valence-electron chi connectivity index (χ3n) is 6.52. The number of anilines is 1. The van der Waals surface area contributed by atoms with Crippen molar-refractivity contribution in [2.75, 3.05) is 10.8 Å². The Bertz CT molecular complexity index is 1660. The molecule has 0 aliphatic heterocycles. The summed E-state index contributed by atoms with van der Waals surface area (Å²) in [5, 5.41) is 4.54. The van der Waals surface area contributed by atoms with Gasteiger partial charge in [0.2, 0.25) is 0 Å². The number of nitrogens with zero attached hydrogens (tertiary/aromatic N) is 3. The quantitative estimate of drug-likeness (QED) is 0.210. The van der Waals surface area contributed by atoms with Gasteiger partial charge in [0, 0.05) is 27.7 Å². The van der Waals surface area contributed by atoms with Crippen LogP contribution in [0.3, 0.4) is 0 Å². The summed E-state index contributed by atoms with van der Waals surface area (Å²) in [6.45, 7) is 9.49. The molecule has 0 bridgehead atoms. The topological polar surface area (TPSA) is 83.8 Å². The van der Waals surface area contributed by atoms with E-state index in [4.69, 9.17) is 11.6 Å². The largest absolute Gasteiger partial charge is 0.318 e. The Morgan fingerprint density at radius 3 is 2.33 bits per heavy atom. The maximum absolute atomic E-state index is 13.5. The predicted octanol–water partition coefficient (Wildman–Crippen LogP) is 6.02. The molecule has 1 heterocycles. The zero-order chi connectivity index (χ0) is 28.3. The molecule has 3 aromatic carbocycles. The SMILES string of the molecule is Cc1ccc(-n2c(C)cc(/C=N/NC(=O)CN(c3ccc(C)c(Cl)c3)S(=O)(=O)c3ccccc3)c2C)c(C)c1. The van der Waals surface area contributed by atoms with Crippen LogP contribution in [0.1, 0.15) is 33.6 Å². The van der Waals surface area contributed by atoms with Crippen LogP contribution in [0, 0.1) is 34.6 Å². The van der Waals surface area contributed by atoms with Gasteiger partial charge in [-0.25, -0.2) is 13.8 Å².